The smallest absolute Gasteiger partial charge is 0.227 e. The molecule has 1 aliphatic rings. The quantitative estimate of drug-likeness (QED) is 0.783. The van der Waals surface area contributed by atoms with E-state index in [1.807, 2.05) is 30.3 Å². The molecule has 0 N–H and O–H groups in total. The topological polar surface area (TPSA) is 63.7 Å². The first-order valence-corrected chi connectivity index (χ1v) is 10.1. The van der Waals surface area contributed by atoms with Crippen LogP contribution < -0.4 is 9.64 Å². The van der Waals surface area contributed by atoms with Gasteiger partial charge in [-0.25, -0.2) is 8.42 Å². The summed E-state index contributed by atoms with van der Waals surface area (Å²) in [7, 11) is -1.69. The minimum Gasteiger partial charge on any atom is -0.497 e. The van der Waals surface area contributed by atoms with Gasteiger partial charge in [0.05, 0.1) is 18.9 Å². The van der Waals surface area contributed by atoms with E-state index >= 15 is 0 Å². The molecule has 6 heteroatoms. The lowest BCUT2D eigenvalue weighted by atomic mass is 10.1. The van der Waals surface area contributed by atoms with Gasteiger partial charge in [-0.15, -0.1) is 0 Å². The zero-order chi connectivity index (χ0) is 18.6. The van der Waals surface area contributed by atoms with Gasteiger partial charge in [0.15, 0.2) is 9.84 Å². The predicted octanol–water partition coefficient (Wildman–Crippen LogP) is 2.97. The number of benzene rings is 2. The number of hydrogen-bond donors (Lipinski definition) is 0. The number of amides is 1. The molecule has 2 aromatic carbocycles. The van der Waals surface area contributed by atoms with E-state index in [1.54, 1.807) is 42.4 Å². The van der Waals surface area contributed by atoms with Gasteiger partial charge in [-0.3, -0.25) is 4.79 Å². The molecule has 0 radical (unpaired) electrons. The SMILES string of the molecule is COc1ccc(N(C(=O)CCc2ccccc2)[C@H]2C=CS(=O)(=O)C2)cc1. The molecule has 0 saturated carbocycles. The lowest BCUT2D eigenvalue weighted by Gasteiger charge is -2.28. The standard InChI is InChI=1S/C20H21NO4S/c1-25-19-10-8-17(9-11-19)21(18-13-14-26(23,24)15-18)20(22)12-7-16-5-3-2-4-6-16/h2-6,8-11,13-14,18H,7,12,15H2,1H3/t18-/m0/s1. The van der Waals surface area contributed by atoms with Crippen LogP contribution in [0.25, 0.3) is 0 Å². The number of hydrogen-bond acceptors (Lipinski definition) is 4. The number of anilines is 1. The van der Waals surface area contributed by atoms with Gasteiger partial charge in [0, 0.05) is 17.5 Å². The molecule has 136 valence electrons. The van der Waals surface area contributed by atoms with Crippen molar-refractivity contribution in [1.29, 1.82) is 0 Å². The van der Waals surface area contributed by atoms with Crippen LogP contribution in [0, 0.1) is 0 Å². The molecule has 1 aliphatic heterocycles. The van der Waals surface area contributed by atoms with Crippen molar-refractivity contribution >= 4 is 21.4 Å². The van der Waals surface area contributed by atoms with Crippen LogP contribution in [0.5, 0.6) is 5.75 Å². The van der Waals surface area contributed by atoms with Crippen LogP contribution in [0.3, 0.4) is 0 Å². The number of carbonyl (C=O) groups is 1. The Morgan fingerprint density at radius 2 is 1.81 bits per heavy atom. The molecule has 0 fully saturated rings. The number of rotatable bonds is 6. The Balaban J connectivity index is 1.82. The van der Waals surface area contributed by atoms with Crippen molar-refractivity contribution in [3.8, 4) is 5.75 Å². The molecule has 0 aromatic heterocycles. The molecule has 0 saturated heterocycles. The fourth-order valence-electron chi connectivity index (χ4n) is 3.00. The Labute approximate surface area is 153 Å². The summed E-state index contributed by atoms with van der Waals surface area (Å²) in [4.78, 5) is 14.5. The molecule has 1 heterocycles. The van der Waals surface area contributed by atoms with Crippen LogP contribution in [0.15, 0.2) is 66.1 Å². The summed E-state index contributed by atoms with van der Waals surface area (Å²) in [5, 5.41) is 1.19. The van der Waals surface area contributed by atoms with Gasteiger partial charge in [-0.1, -0.05) is 30.3 Å². The molecule has 26 heavy (non-hydrogen) atoms. The molecule has 3 rings (SSSR count). The zero-order valence-electron chi connectivity index (χ0n) is 14.5. The first-order valence-electron chi connectivity index (χ1n) is 8.39. The molecule has 0 bridgehead atoms. The molecular formula is C20H21NO4S. The van der Waals surface area contributed by atoms with Crippen LogP contribution in [0.2, 0.25) is 0 Å². The van der Waals surface area contributed by atoms with Crippen molar-refractivity contribution in [1.82, 2.24) is 0 Å². The summed E-state index contributed by atoms with van der Waals surface area (Å²) in [5.41, 5.74) is 1.74. The highest BCUT2D eigenvalue weighted by Crippen LogP contribution is 2.26. The van der Waals surface area contributed by atoms with Crippen LogP contribution in [0.1, 0.15) is 12.0 Å². The Morgan fingerprint density at radius 3 is 2.38 bits per heavy atom. The number of carbonyl (C=O) groups excluding carboxylic acids is 1. The van der Waals surface area contributed by atoms with E-state index in [9.17, 15) is 13.2 Å². The maximum absolute atomic E-state index is 12.9. The van der Waals surface area contributed by atoms with Crippen LogP contribution in [0.4, 0.5) is 5.69 Å². The Hall–Kier alpha value is -2.60. The number of aryl methyl sites for hydroxylation is 1. The van der Waals surface area contributed by atoms with Gasteiger partial charge in [0.25, 0.3) is 0 Å². The van der Waals surface area contributed by atoms with Gasteiger partial charge >= 0.3 is 0 Å². The van der Waals surface area contributed by atoms with Gasteiger partial charge in [-0.2, -0.15) is 0 Å². The number of nitrogens with zero attached hydrogens (tertiary/aromatic N) is 1. The van der Waals surface area contributed by atoms with E-state index in [0.29, 0.717) is 24.3 Å². The van der Waals surface area contributed by atoms with E-state index in [-0.39, 0.29) is 11.7 Å². The van der Waals surface area contributed by atoms with Gasteiger partial charge in [0.1, 0.15) is 5.75 Å². The molecule has 1 amide bonds. The fourth-order valence-corrected chi connectivity index (χ4v) is 4.27. The summed E-state index contributed by atoms with van der Waals surface area (Å²) < 4.78 is 28.8. The second-order valence-corrected chi connectivity index (χ2v) is 8.10. The molecule has 1 atom stereocenters. The molecular weight excluding hydrogens is 350 g/mol. The third-order valence-electron chi connectivity index (χ3n) is 4.33. The maximum Gasteiger partial charge on any atom is 0.227 e. The predicted molar refractivity (Wildman–Crippen MR) is 102 cm³/mol. The van der Waals surface area contributed by atoms with Gasteiger partial charge < -0.3 is 9.64 Å². The third-order valence-corrected chi connectivity index (χ3v) is 5.71. The highest BCUT2D eigenvalue weighted by Gasteiger charge is 2.31. The highest BCUT2D eigenvalue weighted by atomic mass is 32.2. The Bertz CT molecular complexity index is 889. The average molecular weight is 371 g/mol. The highest BCUT2D eigenvalue weighted by molar-refractivity contribution is 7.94. The number of methoxy groups -OCH3 is 1. The molecule has 2 aromatic rings. The lowest BCUT2D eigenvalue weighted by Crippen LogP contribution is -2.41. The van der Waals surface area contributed by atoms with Crippen LogP contribution in [-0.2, 0) is 21.1 Å². The Kier molecular flexibility index (Phi) is 5.42. The third kappa shape index (κ3) is 4.32. The minimum atomic E-state index is -3.26. The molecule has 0 aliphatic carbocycles. The monoisotopic (exact) mass is 371 g/mol. The molecule has 0 unspecified atom stereocenters. The summed E-state index contributed by atoms with van der Waals surface area (Å²) in [6.07, 6.45) is 2.50. The second kappa shape index (κ2) is 7.74. The van der Waals surface area contributed by atoms with Gasteiger partial charge in [0.2, 0.25) is 5.91 Å². The summed E-state index contributed by atoms with van der Waals surface area (Å²) in [6.45, 7) is 0. The fraction of sp³-hybridized carbons (Fsp3) is 0.250. The van der Waals surface area contributed by atoms with Crippen molar-refractivity contribution in [3.63, 3.8) is 0 Å². The first-order chi connectivity index (χ1) is 12.5. The van der Waals surface area contributed by atoms with E-state index in [1.165, 1.54) is 5.41 Å². The first kappa shape index (κ1) is 18.2. The lowest BCUT2D eigenvalue weighted by molar-refractivity contribution is -0.118. The maximum atomic E-state index is 12.9. The van der Waals surface area contributed by atoms with Crippen LogP contribution >= 0.6 is 0 Å². The zero-order valence-corrected chi connectivity index (χ0v) is 15.4. The van der Waals surface area contributed by atoms with Crippen molar-refractivity contribution in [3.05, 3.63) is 71.6 Å². The van der Waals surface area contributed by atoms with Crippen molar-refractivity contribution in [2.75, 3.05) is 17.8 Å². The normalized spacial score (nSPS) is 17.8. The summed E-state index contributed by atoms with van der Waals surface area (Å²) in [6, 6.07) is 16.4. The summed E-state index contributed by atoms with van der Waals surface area (Å²) >= 11 is 0. The molecule has 5 nitrogen and oxygen atoms in total. The largest absolute Gasteiger partial charge is 0.497 e. The Morgan fingerprint density at radius 1 is 1.12 bits per heavy atom. The van der Waals surface area contributed by atoms with Crippen molar-refractivity contribution in [2.45, 2.75) is 18.9 Å². The minimum absolute atomic E-state index is 0.0872. The van der Waals surface area contributed by atoms with Crippen molar-refractivity contribution < 1.29 is 17.9 Å². The average Bonchev–Trinajstić information content (AvgIpc) is 3.01. The van der Waals surface area contributed by atoms with Gasteiger partial charge in [-0.05, 0) is 42.3 Å². The van der Waals surface area contributed by atoms with E-state index in [2.05, 4.69) is 0 Å². The second-order valence-electron chi connectivity index (χ2n) is 6.17. The number of sulfone groups is 1. The molecule has 0 spiro atoms. The summed E-state index contributed by atoms with van der Waals surface area (Å²) in [5.74, 6) is 0.488. The van der Waals surface area contributed by atoms with Crippen molar-refractivity contribution in [2.24, 2.45) is 0 Å². The van der Waals surface area contributed by atoms with E-state index in [4.69, 9.17) is 4.74 Å². The number of ether oxygens (including phenoxy) is 1. The van der Waals surface area contributed by atoms with Crippen LogP contribution in [-0.4, -0.2) is 33.2 Å². The van der Waals surface area contributed by atoms with E-state index < -0.39 is 15.9 Å². The van der Waals surface area contributed by atoms with E-state index in [0.717, 1.165) is 5.56 Å².